The molecule has 0 atom stereocenters. The summed E-state index contributed by atoms with van der Waals surface area (Å²) in [6.07, 6.45) is 8.91. The first-order valence-electron chi connectivity index (χ1n) is 11.0. The van der Waals surface area contributed by atoms with Crippen molar-refractivity contribution in [3.8, 4) is 0 Å². The highest BCUT2D eigenvalue weighted by molar-refractivity contribution is 6.23. The second-order valence-electron chi connectivity index (χ2n) is 8.21. The molecule has 0 radical (unpaired) electrons. The molecule has 29 heavy (non-hydrogen) atoms. The molecule has 0 fully saturated rings. The Labute approximate surface area is 174 Å². The number of rotatable bonds is 10. The first-order valence-corrected chi connectivity index (χ1v) is 11.0. The quantitative estimate of drug-likeness (QED) is 0.157. The third-order valence-electron chi connectivity index (χ3n) is 6.14. The fourth-order valence-corrected chi connectivity index (χ4v) is 4.68. The van der Waals surface area contributed by atoms with E-state index in [1.807, 2.05) is 0 Å². The summed E-state index contributed by atoms with van der Waals surface area (Å²) >= 11 is 0. The van der Waals surface area contributed by atoms with Gasteiger partial charge >= 0.3 is 0 Å². The monoisotopic (exact) mass is 388 g/mol. The Bertz CT molecular complexity index is 1010. The lowest BCUT2D eigenvalue weighted by Gasteiger charge is -2.17. The maximum atomic E-state index is 5.47. The Morgan fingerprint density at radius 2 is 1.14 bits per heavy atom. The number of methoxy groups -OCH3 is 2. The molecule has 0 aliphatic heterocycles. The standard InChI is InChI=1S/C27H32O2/c1-4-5-6-7-8-9-10-19-15-20-11-13-22-17-24(27(28-2)29-3)18-23-14-12-21(16-19)25(20)26(22)23/h11-18,27H,4-10H2,1-3H3. The van der Waals surface area contributed by atoms with Gasteiger partial charge in [0.25, 0.3) is 0 Å². The van der Waals surface area contributed by atoms with Crippen LogP contribution < -0.4 is 0 Å². The zero-order valence-electron chi connectivity index (χ0n) is 18.0. The molecular weight excluding hydrogens is 356 g/mol. The molecular formula is C27H32O2. The van der Waals surface area contributed by atoms with Crippen molar-refractivity contribution in [3.63, 3.8) is 0 Å². The Balaban J connectivity index is 1.66. The van der Waals surface area contributed by atoms with Gasteiger partial charge < -0.3 is 9.47 Å². The maximum absolute atomic E-state index is 5.47. The van der Waals surface area contributed by atoms with E-state index in [0.717, 1.165) is 5.56 Å². The first kappa shape index (κ1) is 20.1. The van der Waals surface area contributed by atoms with Gasteiger partial charge in [-0.15, -0.1) is 0 Å². The van der Waals surface area contributed by atoms with Crippen LogP contribution in [0.3, 0.4) is 0 Å². The van der Waals surface area contributed by atoms with E-state index in [4.69, 9.17) is 9.47 Å². The molecule has 0 amide bonds. The summed E-state index contributed by atoms with van der Waals surface area (Å²) in [6.45, 7) is 2.28. The summed E-state index contributed by atoms with van der Waals surface area (Å²) in [5.41, 5.74) is 2.52. The molecule has 0 aromatic heterocycles. The molecule has 0 spiro atoms. The molecule has 0 aliphatic carbocycles. The van der Waals surface area contributed by atoms with Gasteiger partial charge in [-0.05, 0) is 62.9 Å². The molecule has 0 aliphatic rings. The second-order valence-corrected chi connectivity index (χ2v) is 8.21. The molecule has 0 bridgehead atoms. The van der Waals surface area contributed by atoms with Gasteiger partial charge in [0.1, 0.15) is 0 Å². The highest BCUT2D eigenvalue weighted by Gasteiger charge is 2.14. The molecule has 4 rings (SSSR count). The topological polar surface area (TPSA) is 18.5 Å². The summed E-state index contributed by atoms with van der Waals surface area (Å²) in [7, 11) is 3.37. The van der Waals surface area contributed by atoms with Crippen LogP contribution in [0.25, 0.3) is 32.3 Å². The number of ether oxygens (including phenoxy) is 2. The Morgan fingerprint density at radius 3 is 1.66 bits per heavy atom. The zero-order valence-corrected chi connectivity index (χ0v) is 18.0. The molecule has 0 unspecified atom stereocenters. The Kier molecular flexibility index (Phi) is 6.32. The first-order chi connectivity index (χ1) is 14.2. The lowest BCUT2D eigenvalue weighted by Crippen LogP contribution is -2.03. The lowest BCUT2D eigenvalue weighted by molar-refractivity contribution is -0.105. The van der Waals surface area contributed by atoms with Crippen molar-refractivity contribution in [2.75, 3.05) is 14.2 Å². The van der Waals surface area contributed by atoms with Crippen molar-refractivity contribution >= 4 is 32.3 Å². The Hall–Kier alpha value is -2.16. The minimum atomic E-state index is -0.333. The number of unbranched alkanes of at least 4 members (excludes halogenated alkanes) is 5. The average Bonchev–Trinajstić information content (AvgIpc) is 2.75. The van der Waals surface area contributed by atoms with E-state index in [1.165, 1.54) is 82.8 Å². The van der Waals surface area contributed by atoms with Crippen LogP contribution in [0.1, 0.15) is 62.9 Å². The number of aryl methyl sites for hydroxylation is 1. The van der Waals surface area contributed by atoms with Crippen LogP contribution in [-0.4, -0.2) is 14.2 Å². The molecule has 0 heterocycles. The van der Waals surface area contributed by atoms with Gasteiger partial charge in [-0.25, -0.2) is 0 Å². The van der Waals surface area contributed by atoms with E-state index in [0.29, 0.717) is 0 Å². The average molecular weight is 389 g/mol. The SMILES string of the molecule is CCCCCCCCc1cc2ccc3cc(C(OC)OC)cc4ccc(c1)c2c34. The molecule has 4 aromatic carbocycles. The Morgan fingerprint density at radius 1 is 0.655 bits per heavy atom. The summed E-state index contributed by atoms with van der Waals surface area (Å²) in [5.74, 6) is 0. The van der Waals surface area contributed by atoms with Crippen LogP contribution in [0.4, 0.5) is 0 Å². The predicted octanol–water partition coefficient (Wildman–Crippen LogP) is 7.78. The number of benzene rings is 4. The van der Waals surface area contributed by atoms with Crippen molar-refractivity contribution in [2.45, 2.75) is 58.2 Å². The van der Waals surface area contributed by atoms with E-state index in [9.17, 15) is 0 Å². The van der Waals surface area contributed by atoms with Crippen LogP contribution in [0.15, 0.2) is 48.5 Å². The summed E-state index contributed by atoms with van der Waals surface area (Å²) in [4.78, 5) is 0. The van der Waals surface area contributed by atoms with Crippen molar-refractivity contribution in [1.82, 2.24) is 0 Å². The van der Waals surface area contributed by atoms with Crippen molar-refractivity contribution in [1.29, 1.82) is 0 Å². The van der Waals surface area contributed by atoms with Gasteiger partial charge in [0.05, 0.1) is 0 Å². The van der Waals surface area contributed by atoms with E-state index in [-0.39, 0.29) is 6.29 Å². The van der Waals surface area contributed by atoms with Gasteiger partial charge in [-0.3, -0.25) is 0 Å². The molecule has 2 heteroatoms. The van der Waals surface area contributed by atoms with Crippen molar-refractivity contribution < 1.29 is 9.47 Å². The van der Waals surface area contributed by atoms with E-state index < -0.39 is 0 Å². The van der Waals surface area contributed by atoms with Gasteiger partial charge in [0, 0.05) is 19.8 Å². The van der Waals surface area contributed by atoms with Gasteiger partial charge in [-0.2, -0.15) is 0 Å². The van der Waals surface area contributed by atoms with E-state index in [2.05, 4.69) is 55.5 Å². The lowest BCUT2D eigenvalue weighted by atomic mass is 9.90. The fourth-order valence-electron chi connectivity index (χ4n) is 4.68. The highest BCUT2D eigenvalue weighted by Crippen LogP contribution is 2.37. The molecule has 0 N–H and O–H groups in total. The van der Waals surface area contributed by atoms with Gasteiger partial charge in [0.2, 0.25) is 0 Å². The summed E-state index contributed by atoms with van der Waals surface area (Å²) in [5, 5.41) is 7.93. The summed E-state index contributed by atoms with van der Waals surface area (Å²) < 4.78 is 10.9. The van der Waals surface area contributed by atoms with Crippen LogP contribution in [0.2, 0.25) is 0 Å². The second kappa shape index (κ2) is 9.11. The van der Waals surface area contributed by atoms with Gasteiger partial charge in [-0.1, -0.05) is 75.4 Å². The largest absolute Gasteiger partial charge is 0.352 e. The third kappa shape index (κ3) is 4.10. The minimum Gasteiger partial charge on any atom is -0.352 e. The highest BCUT2D eigenvalue weighted by atomic mass is 16.7. The van der Waals surface area contributed by atoms with Crippen molar-refractivity contribution in [3.05, 3.63) is 59.7 Å². The van der Waals surface area contributed by atoms with Gasteiger partial charge in [0.15, 0.2) is 6.29 Å². The van der Waals surface area contributed by atoms with Crippen LogP contribution in [0.5, 0.6) is 0 Å². The van der Waals surface area contributed by atoms with E-state index in [1.54, 1.807) is 14.2 Å². The molecule has 4 aromatic rings. The third-order valence-corrected chi connectivity index (χ3v) is 6.14. The van der Waals surface area contributed by atoms with E-state index >= 15 is 0 Å². The van der Waals surface area contributed by atoms with Crippen LogP contribution in [-0.2, 0) is 15.9 Å². The predicted molar refractivity (Wildman–Crippen MR) is 124 cm³/mol. The fraction of sp³-hybridized carbons (Fsp3) is 0.407. The smallest absolute Gasteiger partial charge is 0.183 e. The normalized spacial score (nSPS) is 12.1. The minimum absolute atomic E-state index is 0.333. The molecule has 2 nitrogen and oxygen atoms in total. The van der Waals surface area contributed by atoms with Crippen molar-refractivity contribution in [2.24, 2.45) is 0 Å². The maximum Gasteiger partial charge on any atom is 0.183 e. The molecule has 0 saturated carbocycles. The molecule has 0 saturated heterocycles. The van der Waals surface area contributed by atoms with Crippen LogP contribution in [0, 0.1) is 0 Å². The zero-order chi connectivity index (χ0) is 20.2. The molecule has 152 valence electrons. The number of hydrogen-bond donors (Lipinski definition) is 0. The van der Waals surface area contributed by atoms with Crippen LogP contribution >= 0.6 is 0 Å². The number of hydrogen-bond acceptors (Lipinski definition) is 2. The summed E-state index contributed by atoms with van der Waals surface area (Å²) in [6, 6.07) is 18.2.